The van der Waals surface area contributed by atoms with Gasteiger partial charge in [-0.05, 0) is 36.2 Å². The number of aromatic nitrogens is 2. The Morgan fingerprint density at radius 2 is 1.86 bits per heavy atom. The number of aromatic amines is 1. The number of phenols is 1. The second-order valence-corrected chi connectivity index (χ2v) is 21.6. The van der Waals surface area contributed by atoms with Crippen LogP contribution in [0.5, 0.6) is 5.75 Å². The van der Waals surface area contributed by atoms with Gasteiger partial charge in [0.05, 0.1) is 10.5 Å². The van der Waals surface area contributed by atoms with Gasteiger partial charge in [-0.15, -0.1) is 21.8 Å². The maximum atomic E-state index is 11.8. The number of hydrogen-bond acceptors (Lipinski definition) is 3. The van der Waals surface area contributed by atoms with Gasteiger partial charge in [0, 0.05) is 17.4 Å². The second kappa shape index (κ2) is 9.75. The Bertz CT molecular complexity index is 946. The maximum Gasteiger partial charge on any atom is 0.225 e. The number of nitrogens with one attached hydrogen (secondary N) is 2. The summed E-state index contributed by atoms with van der Waals surface area (Å²) in [6.07, 6.45) is 1.23. The topological polar surface area (TPSA) is 78.0 Å². The molecule has 8 heteroatoms. The van der Waals surface area contributed by atoms with E-state index in [0.29, 0.717) is 17.3 Å². The summed E-state index contributed by atoms with van der Waals surface area (Å²) in [4.78, 5) is 11.8. The first-order chi connectivity index (χ1) is 13.1. The average molecular weight is 530 g/mol. The fourth-order valence-electron chi connectivity index (χ4n) is 2.42. The zero-order chi connectivity index (χ0) is 20.9. The van der Waals surface area contributed by atoms with E-state index in [4.69, 9.17) is 11.6 Å². The van der Waals surface area contributed by atoms with E-state index in [2.05, 4.69) is 57.0 Å². The molecule has 0 atom stereocenters. The summed E-state index contributed by atoms with van der Waals surface area (Å²) < 4.78 is 0. The van der Waals surface area contributed by atoms with E-state index >= 15 is 0 Å². The highest BCUT2D eigenvalue weighted by Crippen LogP contribution is 2.34. The highest BCUT2D eigenvalue weighted by atomic mass is 127. The number of aromatic hydroxyl groups is 1. The maximum absolute atomic E-state index is 11.8. The Morgan fingerprint density at radius 3 is 2.43 bits per heavy atom. The predicted octanol–water partition coefficient (Wildman–Crippen LogP) is 6.58. The van der Waals surface area contributed by atoms with Crippen molar-refractivity contribution in [2.45, 2.75) is 39.4 Å². The van der Waals surface area contributed by atoms with Crippen molar-refractivity contribution < 1.29 is 9.90 Å². The molecule has 2 aromatic carbocycles. The molecule has 0 saturated carbocycles. The quantitative estimate of drug-likeness (QED) is 0.203. The zero-order valence-electron chi connectivity index (χ0n) is 16.4. The Balaban J connectivity index is 0.000000500. The van der Waals surface area contributed by atoms with Crippen LogP contribution in [0.15, 0.2) is 36.4 Å². The van der Waals surface area contributed by atoms with Gasteiger partial charge in [-0.2, -0.15) is 5.10 Å². The van der Waals surface area contributed by atoms with Gasteiger partial charge in [-0.3, -0.25) is 9.89 Å². The molecule has 1 heterocycles. The molecule has 0 unspecified atom stereocenters. The summed E-state index contributed by atoms with van der Waals surface area (Å²) in [6.45, 7) is 8.89. The molecule has 0 fully saturated rings. The number of hydrogen-bond donors (Lipinski definition) is 3. The van der Waals surface area contributed by atoms with Crippen molar-refractivity contribution in [3.05, 3.63) is 41.4 Å². The van der Waals surface area contributed by atoms with Gasteiger partial charge >= 0.3 is 0 Å². The number of carbonyl (C=O) groups excluding carboxylic acids is 1. The first kappa shape index (κ1) is 22.7. The van der Waals surface area contributed by atoms with E-state index in [9.17, 15) is 9.90 Å². The summed E-state index contributed by atoms with van der Waals surface area (Å²) in [6, 6.07) is 10.5. The summed E-state index contributed by atoms with van der Waals surface area (Å²) >= 11 is 8.86. The number of benzene rings is 2. The minimum Gasteiger partial charge on any atom is -0.508 e. The van der Waals surface area contributed by atoms with Crippen molar-refractivity contribution in [2.75, 3.05) is 5.32 Å². The third-order valence-corrected chi connectivity index (χ3v) is 3.88. The molecule has 3 rings (SSSR count). The molecular formula is C20H25ClIN3O2Si. The Hall–Kier alpha value is -1.58. The second-order valence-electron chi connectivity index (χ2n) is 7.36. The highest BCUT2D eigenvalue weighted by Gasteiger charge is 2.13. The van der Waals surface area contributed by atoms with Crippen LogP contribution in [-0.2, 0) is 4.79 Å². The van der Waals surface area contributed by atoms with Crippen molar-refractivity contribution in [3.8, 4) is 16.9 Å². The van der Waals surface area contributed by atoms with Crippen molar-refractivity contribution in [1.29, 1.82) is 0 Å². The number of phenolic OH excluding ortho intramolecular Hbond substituents is 1. The third kappa shape index (κ3) is 6.79. The number of anilines is 1. The number of H-pyrrole nitrogens is 1. The van der Waals surface area contributed by atoms with Crippen LogP contribution in [0.25, 0.3) is 22.0 Å². The van der Waals surface area contributed by atoms with E-state index in [1.54, 1.807) is 30.3 Å². The first-order valence-corrected chi connectivity index (χ1v) is 16.0. The van der Waals surface area contributed by atoms with Crippen LogP contribution in [0.3, 0.4) is 0 Å². The summed E-state index contributed by atoms with van der Waals surface area (Å²) in [5.74, 6) is 0.624. The number of carbonyl (C=O) groups is 1. The molecule has 0 radical (unpaired) electrons. The number of amides is 1. The zero-order valence-corrected chi connectivity index (χ0v) is 20.4. The largest absolute Gasteiger partial charge is 0.508 e. The van der Waals surface area contributed by atoms with Crippen LogP contribution < -0.4 is 5.32 Å². The molecule has 1 amide bonds. The number of rotatable bonds is 4. The standard InChI is InChI=1S/C17H16ClN3O2.C3H9ISi/c1-2-3-16(23)19-17-13-8-12(10-4-6-11(22)7-5-10)14(18)9-15(13)20-21-17;1-5(2,3)4/h4-9,22H,2-3H2,1H3,(H2,19,20,21,23);1-3H3. The Kier molecular flexibility index (Phi) is 7.91. The third-order valence-electron chi connectivity index (χ3n) is 3.56. The first-order valence-electron chi connectivity index (χ1n) is 9.04. The van der Waals surface area contributed by atoms with Crippen molar-refractivity contribution in [1.82, 2.24) is 10.2 Å². The summed E-state index contributed by atoms with van der Waals surface area (Å²) in [7, 11) is 0. The smallest absolute Gasteiger partial charge is 0.225 e. The van der Waals surface area contributed by atoms with Gasteiger partial charge in [0.1, 0.15) is 11.3 Å². The highest BCUT2D eigenvalue weighted by molar-refractivity contribution is 14.1. The van der Waals surface area contributed by atoms with Crippen LogP contribution in [0, 0.1) is 0 Å². The Morgan fingerprint density at radius 1 is 1.25 bits per heavy atom. The fraction of sp³-hybridized carbons (Fsp3) is 0.300. The molecule has 150 valence electrons. The van der Waals surface area contributed by atoms with Crippen LogP contribution >= 0.6 is 33.4 Å². The van der Waals surface area contributed by atoms with Gasteiger partial charge in [0.2, 0.25) is 5.91 Å². The van der Waals surface area contributed by atoms with Gasteiger partial charge in [-0.1, -0.05) is 50.3 Å². The van der Waals surface area contributed by atoms with Gasteiger partial charge in [0.15, 0.2) is 5.82 Å². The summed E-state index contributed by atoms with van der Waals surface area (Å²) in [5, 5.41) is 20.6. The van der Waals surface area contributed by atoms with Crippen molar-refractivity contribution in [2.24, 2.45) is 0 Å². The van der Waals surface area contributed by atoms with Crippen LogP contribution in [0.1, 0.15) is 19.8 Å². The Labute approximate surface area is 184 Å². The molecule has 0 saturated heterocycles. The molecule has 28 heavy (non-hydrogen) atoms. The van der Waals surface area contributed by atoms with Gasteiger partial charge < -0.3 is 10.4 Å². The van der Waals surface area contributed by atoms with E-state index in [0.717, 1.165) is 28.5 Å². The average Bonchev–Trinajstić information content (AvgIpc) is 2.95. The SMILES string of the molecule is CCCC(=O)Nc1n[nH]c2cc(Cl)c(-c3ccc(O)cc3)cc12.C[Si](C)(C)I. The van der Waals surface area contributed by atoms with Gasteiger partial charge in [-0.25, -0.2) is 0 Å². The lowest BCUT2D eigenvalue weighted by Gasteiger charge is -2.06. The van der Waals surface area contributed by atoms with Crippen LogP contribution in [-0.4, -0.2) is 26.8 Å². The molecule has 3 N–H and O–H groups in total. The van der Waals surface area contributed by atoms with Crippen LogP contribution in [0.4, 0.5) is 5.82 Å². The van der Waals surface area contributed by atoms with Crippen molar-refractivity contribution >= 4 is 61.6 Å². The van der Waals surface area contributed by atoms with E-state index in [1.807, 2.05) is 13.0 Å². The normalized spacial score (nSPS) is 11.1. The minimum atomic E-state index is -0.641. The molecule has 5 nitrogen and oxygen atoms in total. The fourth-order valence-corrected chi connectivity index (χ4v) is 2.69. The van der Waals surface area contributed by atoms with Crippen LogP contribution in [0.2, 0.25) is 24.7 Å². The molecule has 3 aromatic rings. The minimum absolute atomic E-state index is 0.0676. The summed E-state index contributed by atoms with van der Waals surface area (Å²) in [5.41, 5.74) is 1.80. The number of fused-ring (bicyclic) bond motifs is 1. The van der Waals surface area contributed by atoms with E-state index in [-0.39, 0.29) is 11.7 Å². The lowest BCUT2D eigenvalue weighted by atomic mass is 10.0. The molecule has 1 aromatic heterocycles. The number of nitrogens with zero attached hydrogens (tertiary/aromatic N) is 1. The monoisotopic (exact) mass is 529 g/mol. The lowest BCUT2D eigenvalue weighted by molar-refractivity contribution is -0.116. The molecule has 0 aliphatic heterocycles. The molecule has 0 aliphatic rings. The van der Waals surface area contributed by atoms with E-state index < -0.39 is 5.57 Å². The lowest BCUT2D eigenvalue weighted by Crippen LogP contribution is -2.11. The molecular weight excluding hydrogens is 505 g/mol. The molecule has 0 bridgehead atoms. The van der Waals surface area contributed by atoms with E-state index in [1.165, 1.54) is 0 Å². The molecule has 0 aliphatic carbocycles. The van der Waals surface area contributed by atoms with Crippen molar-refractivity contribution in [3.63, 3.8) is 0 Å². The van der Waals surface area contributed by atoms with Gasteiger partial charge in [0.25, 0.3) is 0 Å². The molecule has 0 spiro atoms. The number of halogens is 2. The predicted molar refractivity (Wildman–Crippen MR) is 129 cm³/mol.